The summed E-state index contributed by atoms with van der Waals surface area (Å²) in [6.07, 6.45) is -2.97. The van der Waals surface area contributed by atoms with E-state index in [9.17, 15) is 16.8 Å². The zero-order chi connectivity index (χ0) is 20.8. The Kier molecular flexibility index (Phi) is 15.1. The first-order valence-corrected chi connectivity index (χ1v) is 10.5. The van der Waals surface area contributed by atoms with Gasteiger partial charge in [0, 0.05) is 12.8 Å². The Morgan fingerprint density at radius 3 is 1.96 bits per heavy atom. The van der Waals surface area contributed by atoms with Crippen molar-refractivity contribution in [1.82, 2.24) is 0 Å². The summed E-state index contributed by atoms with van der Waals surface area (Å²) in [6, 6.07) is 0. The Morgan fingerprint density at radius 1 is 0.815 bits per heavy atom. The minimum atomic E-state index is -4.92. The fourth-order valence-corrected chi connectivity index (χ4v) is 2.89. The highest BCUT2D eigenvalue weighted by atomic mass is 32.3. The minimum Gasteiger partial charge on any atom is -0.289 e. The summed E-state index contributed by atoms with van der Waals surface area (Å²) in [6.45, 7) is -0.789. The molecule has 0 aromatic carbocycles. The van der Waals surface area contributed by atoms with E-state index >= 15 is 0 Å². The molecule has 164 valence electrons. The molecule has 2 unspecified atom stereocenters. The summed E-state index contributed by atoms with van der Waals surface area (Å²) in [5, 5.41) is 22.5. The van der Waals surface area contributed by atoms with E-state index in [1.165, 1.54) is 0 Å². The molecule has 0 fully saturated rings. The standard InChI is InChI=1S/C7H16O16S4/c8-20-22-24-16-3-1-6(18-25-23-21-9)5-7(19-27(13,14)15)2-4-17-26(10,11)12/h6-9H,1-5H2,(H,10,11,12)(H,13,14,15). The van der Waals surface area contributed by atoms with Crippen LogP contribution in [0.25, 0.3) is 0 Å². The number of rotatable bonds is 18. The third-order valence-electron chi connectivity index (χ3n) is 2.32. The Hall–Kier alpha value is 0.120. The van der Waals surface area contributed by atoms with E-state index < -0.39 is 46.0 Å². The van der Waals surface area contributed by atoms with E-state index in [2.05, 4.69) is 27.1 Å². The molecule has 4 N–H and O–H groups in total. The molecule has 0 aliphatic heterocycles. The minimum absolute atomic E-state index is 0.00801. The fraction of sp³-hybridized carbons (Fsp3) is 1.00. The van der Waals surface area contributed by atoms with Gasteiger partial charge in [0.2, 0.25) is 0 Å². The Morgan fingerprint density at radius 2 is 1.41 bits per heavy atom. The second kappa shape index (κ2) is 15.0. The van der Waals surface area contributed by atoms with Gasteiger partial charge in [0.25, 0.3) is 0 Å². The molecule has 0 heterocycles. The smallest absolute Gasteiger partial charge is 0.289 e. The van der Waals surface area contributed by atoms with E-state index in [4.69, 9.17) is 28.0 Å². The molecule has 2 atom stereocenters. The first-order valence-electron chi connectivity index (χ1n) is 6.41. The Balaban J connectivity index is 4.74. The average Bonchev–Trinajstić information content (AvgIpc) is 2.51. The van der Waals surface area contributed by atoms with Crippen molar-refractivity contribution >= 4 is 45.4 Å². The van der Waals surface area contributed by atoms with Crippen LogP contribution in [0.15, 0.2) is 0 Å². The SMILES string of the molecule is O=S(=O)(O)OCCC(CC(CCOSOOO)OSOOO)OS(=O)(=O)O. The predicted octanol–water partition coefficient (Wildman–Crippen LogP) is 0.535. The molecule has 0 bridgehead atoms. The van der Waals surface area contributed by atoms with E-state index in [-0.39, 0.29) is 44.1 Å². The van der Waals surface area contributed by atoms with Crippen LogP contribution in [-0.4, -0.2) is 61.9 Å². The molecule has 0 saturated heterocycles. The third-order valence-corrected chi connectivity index (χ3v) is 4.14. The van der Waals surface area contributed by atoms with Crippen LogP contribution < -0.4 is 0 Å². The van der Waals surface area contributed by atoms with Crippen molar-refractivity contribution in [2.45, 2.75) is 31.5 Å². The first kappa shape index (κ1) is 27.1. The maximum atomic E-state index is 10.9. The second-order valence-electron chi connectivity index (χ2n) is 4.17. The van der Waals surface area contributed by atoms with Gasteiger partial charge in [-0.25, -0.2) is 18.9 Å². The highest BCUT2D eigenvalue weighted by Gasteiger charge is 2.24. The van der Waals surface area contributed by atoms with Gasteiger partial charge >= 0.3 is 20.8 Å². The normalized spacial score (nSPS) is 15.0. The summed E-state index contributed by atoms with van der Waals surface area (Å²) < 4.78 is 86.2. The maximum Gasteiger partial charge on any atom is 0.397 e. The van der Waals surface area contributed by atoms with Gasteiger partial charge in [-0.05, 0) is 6.42 Å². The van der Waals surface area contributed by atoms with Crippen LogP contribution >= 0.6 is 24.6 Å². The van der Waals surface area contributed by atoms with Crippen LogP contribution in [-0.2, 0) is 56.3 Å². The van der Waals surface area contributed by atoms with Gasteiger partial charge in [-0.1, -0.05) is 10.1 Å². The quantitative estimate of drug-likeness (QED) is 0.0684. The van der Waals surface area contributed by atoms with Crippen molar-refractivity contribution in [3.63, 3.8) is 0 Å². The molecule has 0 rings (SSSR count). The lowest BCUT2D eigenvalue weighted by Crippen LogP contribution is -2.27. The van der Waals surface area contributed by atoms with Gasteiger partial charge in [0.05, 0.1) is 25.4 Å². The molecule has 0 aromatic rings. The van der Waals surface area contributed by atoms with Crippen molar-refractivity contribution in [3.05, 3.63) is 0 Å². The van der Waals surface area contributed by atoms with Gasteiger partial charge in [0.1, 0.15) is 0 Å². The lowest BCUT2D eigenvalue weighted by Gasteiger charge is -2.21. The predicted molar refractivity (Wildman–Crippen MR) is 83.4 cm³/mol. The van der Waals surface area contributed by atoms with E-state index in [0.717, 1.165) is 0 Å². The second-order valence-corrected chi connectivity index (χ2v) is 7.28. The topological polar surface area (TPSA) is 223 Å². The monoisotopic (exact) mass is 484 g/mol. The summed E-state index contributed by atoms with van der Waals surface area (Å²) in [5.41, 5.74) is 0. The van der Waals surface area contributed by atoms with Crippen molar-refractivity contribution in [3.8, 4) is 0 Å². The van der Waals surface area contributed by atoms with Gasteiger partial charge < -0.3 is 0 Å². The highest BCUT2D eigenvalue weighted by molar-refractivity contribution is 7.90. The molecule has 0 amide bonds. The zero-order valence-electron chi connectivity index (χ0n) is 13.0. The van der Waals surface area contributed by atoms with Gasteiger partial charge in [-0.3, -0.25) is 17.5 Å². The third kappa shape index (κ3) is 19.2. The molecule has 0 spiro atoms. The van der Waals surface area contributed by atoms with E-state index in [1.54, 1.807) is 0 Å². The van der Waals surface area contributed by atoms with Crippen LogP contribution in [0.2, 0.25) is 0 Å². The maximum absolute atomic E-state index is 10.9. The Labute approximate surface area is 162 Å². The van der Waals surface area contributed by atoms with Gasteiger partial charge in [-0.2, -0.15) is 16.8 Å². The lowest BCUT2D eigenvalue weighted by molar-refractivity contribution is -0.434. The van der Waals surface area contributed by atoms with Crippen LogP contribution in [0.1, 0.15) is 19.3 Å². The number of hydrogen-bond donors (Lipinski definition) is 4. The van der Waals surface area contributed by atoms with Crippen LogP contribution in [0.4, 0.5) is 0 Å². The Bertz CT molecular complexity index is 563. The summed E-state index contributed by atoms with van der Waals surface area (Å²) in [4.78, 5) is 0. The largest absolute Gasteiger partial charge is 0.397 e. The van der Waals surface area contributed by atoms with Crippen molar-refractivity contribution in [2.24, 2.45) is 0 Å². The molecule has 16 nitrogen and oxygen atoms in total. The summed E-state index contributed by atoms with van der Waals surface area (Å²) in [7, 11) is -9.69. The molecule has 0 aromatic heterocycles. The highest BCUT2D eigenvalue weighted by Crippen LogP contribution is 2.21. The van der Waals surface area contributed by atoms with Crippen LogP contribution in [0, 0.1) is 0 Å². The summed E-state index contributed by atoms with van der Waals surface area (Å²) in [5.74, 6) is 0. The molecule has 0 radical (unpaired) electrons. The first-order chi connectivity index (χ1) is 12.6. The van der Waals surface area contributed by atoms with Crippen LogP contribution in [0.5, 0.6) is 0 Å². The van der Waals surface area contributed by atoms with Gasteiger partial charge in [-0.15, -0.1) is 8.67 Å². The summed E-state index contributed by atoms with van der Waals surface area (Å²) >= 11 is 0.410. The van der Waals surface area contributed by atoms with Crippen molar-refractivity contribution in [2.75, 3.05) is 13.2 Å². The molecule has 0 saturated carbocycles. The fourth-order valence-electron chi connectivity index (χ4n) is 1.49. The average molecular weight is 484 g/mol. The number of hydrogen-bond acceptors (Lipinski definition) is 16. The molecular weight excluding hydrogens is 468 g/mol. The molecule has 0 aliphatic rings. The van der Waals surface area contributed by atoms with E-state index in [0.29, 0.717) is 0 Å². The van der Waals surface area contributed by atoms with Gasteiger partial charge in [0.15, 0.2) is 24.6 Å². The molecule has 0 aliphatic carbocycles. The molecule has 20 heteroatoms. The van der Waals surface area contributed by atoms with Crippen molar-refractivity contribution in [1.29, 1.82) is 0 Å². The van der Waals surface area contributed by atoms with Crippen molar-refractivity contribution < 1.29 is 71.9 Å². The lowest BCUT2D eigenvalue weighted by atomic mass is 10.1. The molecular formula is C7H16O16S4. The van der Waals surface area contributed by atoms with E-state index in [1.807, 2.05) is 0 Å². The zero-order valence-corrected chi connectivity index (χ0v) is 16.3. The molecule has 27 heavy (non-hydrogen) atoms. The van der Waals surface area contributed by atoms with Crippen LogP contribution in [0.3, 0.4) is 0 Å².